The molecule has 1 aromatic carbocycles. The Labute approximate surface area is 150 Å². The van der Waals surface area contributed by atoms with Gasteiger partial charge in [0.2, 0.25) is 10.0 Å². The van der Waals surface area contributed by atoms with Gasteiger partial charge in [0.25, 0.3) is 0 Å². The Hall–Kier alpha value is -0.670. The molecule has 0 aromatic heterocycles. The number of nitrogens with zero attached hydrogens (tertiary/aromatic N) is 1. The number of benzene rings is 1. The van der Waals surface area contributed by atoms with Gasteiger partial charge in [-0.2, -0.15) is 13.1 Å². The highest BCUT2D eigenvalue weighted by Crippen LogP contribution is 2.31. The van der Waals surface area contributed by atoms with E-state index in [9.17, 15) is 17.2 Å². The lowest BCUT2D eigenvalue weighted by molar-refractivity contribution is -0.0498. The van der Waals surface area contributed by atoms with Gasteiger partial charge in [-0.3, -0.25) is 0 Å². The molecule has 0 spiro atoms. The smallest absolute Gasteiger partial charge is 0.387 e. The predicted molar refractivity (Wildman–Crippen MR) is 88.7 cm³/mol. The van der Waals surface area contributed by atoms with Crippen molar-refractivity contribution >= 4 is 34.0 Å². The van der Waals surface area contributed by atoms with Gasteiger partial charge in [-0.15, -0.1) is 12.4 Å². The van der Waals surface area contributed by atoms with Gasteiger partial charge in [0.15, 0.2) is 0 Å². The minimum atomic E-state index is -3.71. The number of hydrogen-bond donors (Lipinski definition) is 1. The highest BCUT2D eigenvalue weighted by Gasteiger charge is 2.35. The number of ether oxygens (including phenoxy) is 1. The van der Waals surface area contributed by atoms with Crippen LogP contribution in [0.3, 0.4) is 0 Å². The molecule has 2 fully saturated rings. The molecule has 24 heavy (non-hydrogen) atoms. The molecule has 2 bridgehead atoms. The average molecular weight is 403 g/mol. The third-order valence-corrected chi connectivity index (χ3v) is 6.40. The van der Waals surface area contributed by atoms with E-state index in [4.69, 9.17) is 11.6 Å². The van der Waals surface area contributed by atoms with Crippen LogP contribution in [0.2, 0.25) is 5.02 Å². The van der Waals surface area contributed by atoms with Crippen molar-refractivity contribution in [2.75, 3.05) is 13.1 Å². The molecule has 1 aromatic rings. The summed E-state index contributed by atoms with van der Waals surface area (Å²) >= 11 is 5.86. The van der Waals surface area contributed by atoms with Crippen molar-refractivity contribution < 1.29 is 21.9 Å². The Morgan fingerprint density at radius 1 is 1.25 bits per heavy atom. The molecule has 0 saturated carbocycles. The molecule has 0 aliphatic carbocycles. The number of rotatable bonds is 4. The molecule has 0 amide bonds. The summed E-state index contributed by atoms with van der Waals surface area (Å²) < 4.78 is 55.7. The number of halogens is 4. The Kier molecular flexibility index (Phi) is 6.30. The summed E-state index contributed by atoms with van der Waals surface area (Å²) in [6.45, 7) is -2.17. The monoisotopic (exact) mass is 402 g/mol. The molecule has 2 aliphatic heterocycles. The lowest BCUT2D eigenvalue weighted by Crippen LogP contribution is -2.39. The third kappa shape index (κ3) is 4.11. The molecule has 2 unspecified atom stereocenters. The molecule has 0 radical (unpaired) electrons. The van der Waals surface area contributed by atoms with Crippen LogP contribution in [0.1, 0.15) is 19.3 Å². The van der Waals surface area contributed by atoms with Gasteiger partial charge in [0.1, 0.15) is 5.75 Å². The van der Waals surface area contributed by atoms with Crippen molar-refractivity contribution in [1.82, 2.24) is 9.62 Å². The molecule has 5 nitrogen and oxygen atoms in total. The number of hydrogen-bond acceptors (Lipinski definition) is 4. The first-order valence-corrected chi connectivity index (χ1v) is 9.18. The zero-order valence-electron chi connectivity index (χ0n) is 12.6. The van der Waals surface area contributed by atoms with Crippen molar-refractivity contribution in [3.63, 3.8) is 0 Å². The SMILES string of the molecule is Cl.O=S(=O)(c1ccc(OC(F)F)c(Cl)c1)N1CCC2CCC(C1)N2. The summed E-state index contributed by atoms with van der Waals surface area (Å²) in [6, 6.07) is 4.09. The highest BCUT2D eigenvalue weighted by atomic mass is 35.5. The molecule has 2 atom stereocenters. The van der Waals surface area contributed by atoms with Gasteiger partial charge in [-0.25, -0.2) is 8.42 Å². The van der Waals surface area contributed by atoms with Crippen LogP contribution in [0.25, 0.3) is 0 Å². The largest absolute Gasteiger partial charge is 0.433 e. The van der Waals surface area contributed by atoms with Gasteiger partial charge >= 0.3 is 6.61 Å². The van der Waals surface area contributed by atoms with Crippen LogP contribution in [0.5, 0.6) is 5.75 Å². The fourth-order valence-electron chi connectivity index (χ4n) is 3.11. The number of alkyl halides is 2. The Morgan fingerprint density at radius 3 is 2.62 bits per heavy atom. The van der Waals surface area contributed by atoms with E-state index < -0.39 is 16.6 Å². The molecule has 1 N–H and O–H groups in total. The van der Waals surface area contributed by atoms with Crippen LogP contribution in [0.15, 0.2) is 23.1 Å². The summed E-state index contributed by atoms with van der Waals surface area (Å²) in [7, 11) is -3.71. The van der Waals surface area contributed by atoms with Crippen LogP contribution in [-0.4, -0.2) is 44.5 Å². The highest BCUT2D eigenvalue weighted by molar-refractivity contribution is 7.89. The molecular formula is C14H18Cl2F2N2O3S. The van der Waals surface area contributed by atoms with Crippen LogP contribution < -0.4 is 10.1 Å². The molecule has 136 valence electrons. The number of sulfonamides is 1. The quantitative estimate of drug-likeness (QED) is 0.840. The minimum Gasteiger partial charge on any atom is -0.433 e. The van der Waals surface area contributed by atoms with Gasteiger partial charge in [0.05, 0.1) is 9.92 Å². The number of fused-ring (bicyclic) bond motifs is 2. The van der Waals surface area contributed by atoms with Crippen molar-refractivity contribution in [3.8, 4) is 5.75 Å². The van der Waals surface area contributed by atoms with E-state index in [-0.39, 0.29) is 34.1 Å². The lowest BCUT2D eigenvalue weighted by Gasteiger charge is -2.24. The molecule has 3 rings (SSSR count). The van der Waals surface area contributed by atoms with Crippen LogP contribution in [0.4, 0.5) is 8.78 Å². The Balaban J connectivity index is 0.00000208. The normalized spacial score (nSPS) is 24.5. The molecular weight excluding hydrogens is 385 g/mol. The van der Waals surface area contributed by atoms with E-state index in [1.54, 1.807) is 0 Å². The molecule has 10 heteroatoms. The maximum absolute atomic E-state index is 12.8. The fourth-order valence-corrected chi connectivity index (χ4v) is 4.93. The topological polar surface area (TPSA) is 58.6 Å². The van der Waals surface area contributed by atoms with Crippen molar-refractivity contribution in [2.24, 2.45) is 0 Å². The first-order chi connectivity index (χ1) is 10.9. The zero-order valence-corrected chi connectivity index (χ0v) is 15.0. The summed E-state index contributed by atoms with van der Waals surface area (Å²) in [5.74, 6) is -0.239. The Morgan fingerprint density at radius 2 is 1.96 bits per heavy atom. The molecule has 2 heterocycles. The second-order valence-electron chi connectivity index (χ2n) is 5.76. The first kappa shape index (κ1) is 19.7. The lowest BCUT2D eigenvalue weighted by atomic mass is 10.1. The standard InChI is InChI=1S/C14H17ClF2N2O3S.ClH/c15-12-7-11(3-4-13(12)22-14(16)17)23(20,21)19-6-5-9-1-2-10(8-19)18-9;/h3-4,7,9-10,14,18H,1-2,5-6,8H2;1H. The van der Waals surface area contributed by atoms with Crippen molar-refractivity contribution in [1.29, 1.82) is 0 Å². The van der Waals surface area contributed by atoms with E-state index in [0.717, 1.165) is 31.4 Å². The summed E-state index contributed by atoms with van der Waals surface area (Å²) in [5, 5.41) is 3.26. The molecule has 2 saturated heterocycles. The van der Waals surface area contributed by atoms with Crippen LogP contribution in [0, 0.1) is 0 Å². The summed E-state index contributed by atoms with van der Waals surface area (Å²) in [6.07, 6.45) is 2.79. The van der Waals surface area contributed by atoms with E-state index in [0.29, 0.717) is 19.1 Å². The van der Waals surface area contributed by atoms with Crippen LogP contribution >= 0.6 is 24.0 Å². The second-order valence-corrected chi connectivity index (χ2v) is 8.11. The maximum Gasteiger partial charge on any atom is 0.387 e. The van der Waals surface area contributed by atoms with Crippen LogP contribution in [-0.2, 0) is 10.0 Å². The van der Waals surface area contributed by atoms with E-state index in [1.165, 1.54) is 10.4 Å². The van der Waals surface area contributed by atoms with Gasteiger partial charge in [-0.1, -0.05) is 11.6 Å². The minimum absolute atomic E-state index is 0. The van der Waals surface area contributed by atoms with Crippen molar-refractivity contribution in [2.45, 2.75) is 42.9 Å². The van der Waals surface area contributed by atoms with E-state index in [1.807, 2.05) is 0 Å². The zero-order chi connectivity index (χ0) is 16.6. The summed E-state index contributed by atoms with van der Waals surface area (Å²) in [5.41, 5.74) is 0. The van der Waals surface area contributed by atoms with Crippen molar-refractivity contribution in [3.05, 3.63) is 23.2 Å². The van der Waals surface area contributed by atoms with Gasteiger partial charge < -0.3 is 10.1 Å². The van der Waals surface area contributed by atoms with Gasteiger partial charge in [0, 0.05) is 25.2 Å². The van der Waals surface area contributed by atoms with E-state index >= 15 is 0 Å². The second kappa shape index (κ2) is 7.70. The first-order valence-electron chi connectivity index (χ1n) is 7.37. The summed E-state index contributed by atoms with van der Waals surface area (Å²) in [4.78, 5) is -0.0121. The predicted octanol–water partition coefficient (Wildman–Crippen LogP) is 2.88. The fraction of sp³-hybridized carbons (Fsp3) is 0.571. The third-order valence-electron chi connectivity index (χ3n) is 4.24. The average Bonchev–Trinajstić information content (AvgIpc) is 2.79. The Bertz CT molecular complexity index is 691. The van der Waals surface area contributed by atoms with Gasteiger partial charge in [-0.05, 0) is 37.5 Å². The van der Waals surface area contributed by atoms with E-state index in [2.05, 4.69) is 10.1 Å². The number of nitrogens with one attached hydrogen (secondary N) is 1. The maximum atomic E-state index is 12.8. The molecule has 2 aliphatic rings.